The predicted molar refractivity (Wildman–Crippen MR) is 171 cm³/mol. The molecule has 0 heterocycles. The third-order valence-electron chi connectivity index (χ3n) is 9.11. The highest BCUT2D eigenvalue weighted by molar-refractivity contribution is 9.10. The molecule has 2 aliphatic carbocycles. The molecular formula is C39H23Br. The monoisotopic (exact) mass is 570 g/mol. The lowest BCUT2D eigenvalue weighted by Gasteiger charge is -2.46. The van der Waals surface area contributed by atoms with Crippen molar-refractivity contribution in [3.63, 3.8) is 0 Å². The van der Waals surface area contributed by atoms with Crippen LogP contribution >= 0.6 is 15.9 Å². The minimum Gasteiger partial charge on any atom is -0.0622 e. The Morgan fingerprint density at radius 3 is 1.55 bits per heavy atom. The second-order valence-corrected chi connectivity index (χ2v) is 11.9. The standard InChI is InChI=1S/C39H23Br/c40-28-19-21-30-32-15-5-11-26-13-7-17-34(38(26)32)39(36(30)23-28)33-16-6-12-25-10-4-14-31(37(25)33)29-20-18-27(22-35(29)39)24-8-2-1-3-9-24/h1-23H. The lowest BCUT2D eigenvalue weighted by molar-refractivity contribution is 0.754. The van der Waals surface area contributed by atoms with Crippen LogP contribution in [0, 0.1) is 0 Å². The quantitative estimate of drug-likeness (QED) is 0.184. The van der Waals surface area contributed by atoms with Crippen molar-refractivity contribution in [2.75, 3.05) is 0 Å². The van der Waals surface area contributed by atoms with E-state index in [9.17, 15) is 0 Å². The summed E-state index contributed by atoms with van der Waals surface area (Å²) in [6, 6.07) is 52.1. The van der Waals surface area contributed by atoms with Gasteiger partial charge in [0.1, 0.15) is 0 Å². The number of benzene rings is 7. The van der Waals surface area contributed by atoms with Crippen LogP contribution in [0.2, 0.25) is 0 Å². The molecule has 9 rings (SSSR count). The fourth-order valence-electron chi connectivity index (χ4n) is 7.59. The normalized spacial score (nSPS) is 16.2. The van der Waals surface area contributed by atoms with Crippen LogP contribution in [0.1, 0.15) is 22.3 Å². The highest BCUT2D eigenvalue weighted by atomic mass is 79.9. The summed E-state index contributed by atoms with van der Waals surface area (Å²) in [7, 11) is 0. The first kappa shape index (κ1) is 22.4. The van der Waals surface area contributed by atoms with E-state index in [-0.39, 0.29) is 0 Å². The topological polar surface area (TPSA) is 0 Å². The first-order valence-electron chi connectivity index (χ1n) is 13.8. The van der Waals surface area contributed by atoms with Crippen molar-refractivity contribution in [1.29, 1.82) is 0 Å². The smallest absolute Gasteiger partial charge is 0.0622 e. The van der Waals surface area contributed by atoms with Crippen molar-refractivity contribution in [1.82, 2.24) is 0 Å². The first-order valence-corrected chi connectivity index (χ1v) is 14.6. The van der Waals surface area contributed by atoms with E-state index in [0.29, 0.717) is 0 Å². The van der Waals surface area contributed by atoms with Gasteiger partial charge in [-0.15, -0.1) is 0 Å². The lowest BCUT2D eigenvalue weighted by atomic mass is 9.55. The van der Waals surface area contributed by atoms with Gasteiger partial charge in [0, 0.05) is 4.47 Å². The maximum atomic E-state index is 3.88. The minimum atomic E-state index is -0.471. The lowest BCUT2D eigenvalue weighted by Crippen LogP contribution is -2.36. The molecule has 2 aliphatic rings. The molecule has 0 saturated carbocycles. The van der Waals surface area contributed by atoms with E-state index < -0.39 is 5.41 Å². The average Bonchev–Trinajstić information content (AvgIpc) is 3.01. The van der Waals surface area contributed by atoms with Crippen LogP contribution < -0.4 is 0 Å². The summed E-state index contributed by atoms with van der Waals surface area (Å²) >= 11 is 3.88. The molecule has 0 N–H and O–H groups in total. The maximum Gasteiger partial charge on any atom is 0.0726 e. The number of hydrogen-bond acceptors (Lipinski definition) is 0. The Morgan fingerprint density at radius 2 is 0.925 bits per heavy atom. The summed E-state index contributed by atoms with van der Waals surface area (Å²) in [5.41, 5.74) is 12.7. The van der Waals surface area contributed by atoms with E-state index in [0.717, 1.165) is 4.47 Å². The molecule has 0 saturated heterocycles. The fraction of sp³-hybridized carbons (Fsp3) is 0.0256. The largest absolute Gasteiger partial charge is 0.0726 e. The molecule has 1 unspecified atom stereocenters. The van der Waals surface area contributed by atoms with Crippen molar-refractivity contribution < 1.29 is 0 Å². The minimum absolute atomic E-state index is 0.471. The van der Waals surface area contributed by atoms with E-state index in [1.165, 1.54) is 77.2 Å². The molecule has 7 aromatic rings. The SMILES string of the molecule is Brc1ccc2c(c1)C1(c3cc(-c4ccccc4)ccc3-c3cccc4cccc1c34)c1cccc3cccc-2c13. The van der Waals surface area contributed by atoms with Gasteiger partial charge >= 0.3 is 0 Å². The first-order chi connectivity index (χ1) is 19.7. The highest BCUT2D eigenvalue weighted by Crippen LogP contribution is 2.61. The predicted octanol–water partition coefficient (Wildman–Crippen LogP) is 10.8. The summed E-state index contributed by atoms with van der Waals surface area (Å²) < 4.78 is 1.10. The van der Waals surface area contributed by atoms with Gasteiger partial charge in [-0.2, -0.15) is 0 Å². The van der Waals surface area contributed by atoms with E-state index >= 15 is 0 Å². The average molecular weight is 572 g/mol. The van der Waals surface area contributed by atoms with E-state index in [1.807, 2.05) is 0 Å². The molecule has 0 fully saturated rings. The molecule has 0 nitrogen and oxygen atoms in total. The molecule has 0 bridgehead atoms. The van der Waals surface area contributed by atoms with Gasteiger partial charge in [0.05, 0.1) is 5.41 Å². The summed E-state index contributed by atoms with van der Waals surface area (Å²) in [6.07, 6.45) is 0. The van der Waals surface area contributed by atoms with Gasteiger partial charge in [-0.25, -0.2) is 0 Å². The third-order valence-corrected chi connectivity index (χ3v) is 9.61. The van der Waals surface area contributed by atoms with E-state index in [1.54, 1.807) is 0 Å². The molecule has 7 aromatic carbocycles. The molecule has 40 heavy (non-hydrogen) atoms. The van der Waals surface area contributed by atoms with Gasteiger partial charge in [0.2, 0.25) is 0 Å². The summed E-state index contributed by atoms with van der Waals surface area (Å²) in [4.78, 5) is 0. The summed E-state index contributed by atoms with van der Waals surface area (Å²) in [6.45, 7) is 0. The Morgan fingerprint density at radius 1 is 0.375 bits per heavy atom. The Kier molecular flexibility index (Phi) is 4.49. The third kappa shape index (κ3) is 2.75. The van der Waals surface area contributed by atoms with Gasteiger partial charge in [-0.3, -0.25) is 0 Å². The number of fused-ring (bicyclic) bond motifs is 8. The van der Waals surface area contributed by atoms with Crippen molar-refractivity contribution in [2.24, 2.45) is 0 Å². The molecule has 186 valence electrons. The Labute approximate surface area is 241 Å². The molecule has 0 radical (unpaired) electrons. The molecule has 1 heteroatoms. The van der Waals surface area contributed by atoms with Crippen molar-refractivity contribution in [3.05, 3.63) is 166 Å². The van der Waals surface area contributed by atoms with Crippen LogP contribution in [0.3, 0.4) is 0 Å². The zero-order chi connectivity index (χ0) is 26.4. The Balaban J connectivity index is 1.56. The van der Waals surface area contributed by atoms with Gasteiger partial charge < -0.3 is 0 Å². The molecule has 0 amide bonds. The van der Waals surface area contributed by atoms with Crippen LogP contribution in [0.15, 0.2) is 144 Å². The van der Waals surface area contributed by atoms with E-state index in [4.69, 9.17) is 0 Å². The Hall–Kier alpha value is -4.46. The van der Waals surface area contributed by atoms with E-state index in [2.05, 4.69) is 155 Å². The number of rotatable bonds is 1. The second-order valence-electron chi connectivity index (χ2n) is 11.0. The van der Waals surface area contributed by atoms with Crippen molar-refractivity contribution in [3.8, 4) is 33.4 Å². The van der Waals surface area contributed by atoms with Gasteiger partial charge in [0.25, 0.3) is 0 Å². The number of hydrogen-bond donors (Lipinski definition) is 0. The zero-order valence-corrected chi connectivity index (χ0v) is 23.2. The van der Waals surface area contributed by atoms with Crippen molar-refractivity contribution in [2.45, 2.75) is 5.41 Å². The summed E-state index contributed by atoms with van der Waals surface area (Å²) in [5, 5.41) is 5.28. The van der Waals surface area contributed by atoms with Gasteiger partial charge in [0.15, 0.2) is 0 Å². The maximum absolute atomic E-state index is 3.88. The van der Waals surface area contributed by atoms with Crippen LogP contribution in [0.25, 0.3) is 54.9 Å². The van der Waals surface area contributed by atoms with Crippen molar-refractivity contribution >= 4 is 37.5 Å². The van der Waals surface area contributed by atoms with Crippen LogP contribution in [0.5, 0.6) is 0 Å². The summed E-state index contributed by atoms with van der Waals surface area (Å²) in [5.74, 6) is 0. The van der Waals surface area contributed by atoms with Gasteiger partial charge in [-0.05, 0) is 95.4 Å². The Bertz CT molecular complexity index is 2150. The molecule has 1 atom stereocenters. The fourth-order valence-corrected chi connectivity index (χ4v) is 7.95. The number of halogens is 1. The highest BCUT2D eigenvalue weighted by Gasteiger charge is 2.48. The molecule has 0 aliphatic heterocycles. The van der Waals surface area contributed by atoms with Crippen LogP contribution in [-0.2, 0) is 5.41 Å². The van der Waals surface area contributed by atoms with Crippen LogP contribution in [0.4, 0.5) is 0 Å². The zero-order valence-electron chi connectivity index (χ0n) is 21.7. The van der Waals surface area contributed by atoms with Gasteiger partial charge in [-0.1, -0.05) is 137 Å². The molecule has 0 aromatic heterocycles. The second kappa shape index (κ2) is 8.03. The molecular weight excluding hydrogens is 548 g/mol. The van der Waals surface area contributed by atoms with Crippen LogP contribution in [-0.4, -0.2) is 0 Å². The molecule has 1 spiro atoms.